The summed E-state index contributed by atoms with van der Waals surface area (Å²) < 4.78 is 8.38. The molecule has 0 saturated carbocycles. The number of hydrogen-bond donors (Lipinski definition) is 0. The first-order chi connectivity index (χ1) is 10.7. The fourth-order valence-corrected chi connectivity index (χ4v) is 2.21. The molecule has 2 rings (SSSR count). The number of esters is 1. The van der Waals surface area contributed by atoms with Crippen molar-refractivity contribution in [3.63, 3.8) is 0 Å². The van der Waals surface area contributed by atoms with Crippen molar-refractivity contribution < 1.29 is 14.3 Å². The molecule has 9 heteroatoms. The van der Waals surface area contributed by atoms with Gasteiger partial charge in [-0.05, 0) is 30.3 Å². The average Bonchev–Trinajstić information content (AvgIpc) is 2.43. The molecule has 23 heavy (non-hydrogen) atoms. The van der Waals surface area contributed by atoms with Crippen molar-refractivity contribution in [1.29, 1.82) is 0 Å². The molecule has 0 N–H and O–H groups in total. The number of carbonyl (C=O) groups excluding carboxylic acids is 1. The molecule has 122 valence electrons. The van der Waals surface area contributed by atoms with Gasteiger partial charge in [0.05, 0.1) is 5.02 Å². The molecule has 0 saturated heterocycles. The number of carbonyl (C=O) groups is 1. The fourth-order valence-electron chi connectivity index (χ4n) is 1.48. The van der Waals surface area contributed by atoms with Crippen LogP contribution in [-0.4, -0.2) is 9.76 Å². The van der Waals surface area contributed by atoms with Crippen molar-refractivity contribution in [2.45, 2.75) is 3.79 Å². The first kappa shape index (κ1) is 18.8. The lowest BCUT2D eigenvalue weighted by Crippen LogP contribution is -2.24. The van der Waals surface area contributed by atoms with Crippen LogP contribution in [0, 0.1) is 0 Å². The van der Waals surface area contributed by atoms with Gasteiger partial charge in [-0.1, -0.05) is 69.6 Å². The van der Waals surface area contributed by atoms with Gasteiger partial charge in [0, 0.05) is 16.1 Å². The third-order valence-corrected chi connectivity index (χ3v) is 3.68. The van der Waals surface area contributed by atoms with Crippen LogP contribution in [0.1, 0.15) is 0 Å². The Morgan fingerprint density at radius 2 is 1.39 bits per heavy atom. The van der Waals surface area contributed by atoms with Crippen LogP contribution < -0.4 is 9.47 Å². The van der Waals surface area contributed by atoms with Crippen LogP contribution in [-0.2, 0) is 4.79 Å². The molecule has 0 amide bonds. The topological polar surface area (TPSA) is 35.5 Å². The second-order valence-electron chi connectivity index (χ2n) is 4.16. The van der Waals surface area contributed by atoms with E-state index in [4.69, 9.17) is 79.1 Å². The van der Waals surface area contributed by atoms with E-state index >= 15 is 0 Å². The molecule has 0 fully saturated rings. The summed E-state index contributed by atoms with van der Waals surface area (Å²) in [5.41, 5.74) is 0. The lowest BCUT2D eigenvalue weighted by Gasteiger charge is -2.15. The summed E-state index contributed by atoms with van der Waals surface area (Å²) in [6.45, 7) is 0. The van der Waals surface area contributed by atoms with E-state index in [-0.39, 0.29) is 16.5 Å². The maximum atomic E-state index is 11.7. The van der Waals surface area contributed by atoms with Crippen LogP contribution in [0.15, 0.2) is 36.4 Å². The summed E-state index contributed by atoms with van der Waals surface area (Å²) in [5.74, 6) is -0.678. The summed E-state index contributed by atoms with van der Waals surface area (Å²) in [7, 11) is 0. The van der Waals surface area contributed by atoms with E-state index in [0.717, 1.165) is 0 Å². The molecule has 0 spiro atoms. The monoisotopic (exact) mass is 432 g/mol. The van der Waals surface area contributed by atoms with Gasteiger partial charge in [0.25, 0.3) is 3.79 Å². The molecule has 3 nitrogen and oxygen atoms in total. The Bertz CT molecular complexity index is 742. The fraction of sp³-hybridized carbons (Fsp3) is 0.0714. The van der Waals surface area contributed by atoms with Gasteiger partial charge in [0.15, 0.2) is 11.5 Å². The molecule has 2 aromatic rings. The predicted molar refractivity (Wildman–Crippen MR) is 93.9 cm³/mol. The van der Waals surface area contributed by atoms with Gasteiger partial charge in [0.2, 0.25) is 0 Å². The number of rotatable bonds is 3. The van der Waals surface area contributed by atoms with Crippen LogP contribution in [0.3, 0.4) is 0 Å². The van der Waals surface area contributed by atoms with Gasteiger partial charge < -0.3 is 9.47 Å². The van der Waals surface area contributed by atoms with Gasteiger partial charge in [-0.2, -0.15) is 0 Å². The van der Waals surface area contributed by atoms with Crippen molar-refractivity contribution in [3.05, 3.63) is 51.5 Å². The minimum absolute atomic E-state index is 0.0279. The minimum atomic E-state index is -2.24. The zero-order valence-electron chi connectivity index (χ0n) is 11.0. The number of benzene rings is 2. The molecule has 0 aliphatic heterocycles. The molecular formula is C14H6Cl6O3. The standard InChI is InChI=1S/C14H6Cl6O3/c15-7-1-3-10(9(17)5-7)22-11-4-2-8(16)6-12(11)23-13(21)14(18,19)20/h1-6H. The Morgan fingerprint density at radius 1 is 0.826 bits per heavy atom. The second-order valence-corrected chi connectivity index (χ2v) is 7.72. The highest BCUT2D eigenvalue weighted by molar-refractivity contribution is 6.75. The largest absolute Gasteiger partial charge is 0.452 e. The average molecular weight is 435 g/mol. The lowest BCUT2D eigenvalue weighted by atomic mass is 10.3. The SMILES string of the molecule is O=C(Oc1cc(Cl)ccc1Oc1ccc(Cl)cc1Cl)C(Cl)(Cl)Cl. The van der Waals surface area contributed by atoms with Crippen molar-refractivity contribution in [2.75, 3.05) is 0 Å². The molecular weight excluding hydrogens is 429 g/mol. The van der Waals surface area contributed by atoms with E-state index in [9.17, 15) is 4.79 Å². The van der Waals surface area contributed by atoms with E-state index in [0.29, 0.717) is 15.8 Å². The normalized spacial score (nSPS) is 11.2. The van der Waals surface area contributed by atoms with E-state index < -0.39 is 9.76 Å². The number of halogens is 6. The van der Waals surface area contributed by atoms with E-state index in [1.165, 1.54) is 24.3 Å². The van der Waals surface area contributed by atoms with E-state index in [1.54, 1.807) is 12.1 Å². The Balaban J connectivity index is 2.33. The number of hydrogen-bond acceptors (Lipinski definition) is 3. The highest BCUT2D eigenvalue weighted by atomic mass is 35.6. The van der Waals surface area contributed by atoms with Gasteiger partial charge in [-0.3, -0.25) is 0 Å². The highest BCUT2D eigenvalue weighted by Gasteiger charge is 2.34. The third kappa shape index (κ3) is 5.21. The third-order valence-electron chi connectivity index (χ3n) is 2.45. The number of alkyl halides is 3. The zero-order chi connectivity index (χ0) is 17.2. The summed E-state index contributed by atoms with van der Waals surface area (Å²) >= 11 is 34.2. The second kappa shape index (κ2) is 7.56. The molecule has 0 aliphatic carbocycles. The lowest BCUT2D eigenvalue weighted by molar-refractivity contribution is -0.133. The van der Waals surface area contributed by atoms with Crippen molar-refractivity contribution >= 4 is 75.6 Å². The first-order valence-corrected chi connectivity index (χ1v) is 8.15. The summed E-state index contributed by atoms with van der Waals surface area (Å²) in [6.07, 6.45) is 0. The van der Waals surface area contributed by atoms with E-state index in [1.807, 2.05) is 0 Å². The molecule has 2 aromatic carbocycles. The predicted octanol–water partition coefficient (Wildman–Crippen LogP) is 6.71. The maximum absolute atomic E-state index is 11.7. The summed E-state index contributed by atoms with van der Waals surface area (Å²) in [4.78, 5) is 11.7. The molecule has 0 heterocycles. The van der Waals surface area contributed by atoms with Gasteiger partial charge in [0.1, 0.15) is 5.75 Å². The van der Waals surface area contributed by atoms with Gasteiger partial charge in [-0.15, -0.1) is 0 Å². The summed E-state index contributed by atoms with van der Waals surface area (Å²) in [6, 6.07) is 9.00. The molecule has 0 unspecified atom stereocenters. The van der Waals surface area contributed by atoms with Gasteiger partial charge >= 0.3 is 5.97 Å². The molecule has 0 radical (unpaired) electrons. The molecule has 0 aliphatic rings. The molecule has 0 atom stereocenters. The van der Waals surface area contributed by atoms with Gasteiger partial charge in [-0.25, -0.2) is 4.79 Å². The van der Waals surface area contributed by atoms with Crippen LogP contribution in [0.5, 0.6) is 17.2 Å². The minimum Gasteiger partial charge on any atom is -0.452 e. The van der Waals surface area contributed by atoms with Crippen molar-refractivity contribution in [2.24, 2.45) is 0 Å². The Morgan fingerprint density at radius 3 is 1.96 bits per heavy atom. The Hall–Kier alpha value is -0.550. The van der Waals surface area contributed by atoms with Crippen LogP contribution >= 0.6 is 69.6 Å². The highest BCUT2D eigenvalue weighted by Crippen LogP contribution is 2.39. The maximum Gasteiger partial charge on any atom is 0.364 e. The van der Waals surface area contributed by atoms with Crippen molar-refractivity contribution in [1.82, 2.24) is 0 Å². The first-order valence-electron chi connectivity index (χ1n) is 5.88. The van der Waals surface area contributed by atoms with E-state index in [2.05, 4.69) is 0 Å². The molecule has 0 aromatic heterocycles. The smallest absolute Gasteiger partial charge is 0.364 e. The Kier molecular flexibility index (Phi) is 6.17. The summed E-state index contributed by atoms with van der Waals surface area (Å²) in [5, 5.41) is 1.01. The number of ether oxygens (including phenoxy) is 2. The zero-order valence-corrected chi connectivity index (χ0v) is 15.5. The Labute approximate surface area is 161 Å². The molecule has 0 bridgehead atoms. The van der Waals surface area contributed by atoms with Crippen LogP contribution in [0.25, 0.3) is 0 Å². The van der Waals surface area contributed by atoms with Crippen molar-refractivity contribution in [3.8, 4) is 17.2 Å². The quantitative estimate of drug-likeness (QED) is 0.306. The van der Waals surface area contributed by atoms with Crippen LogP contribution in [0.4, 0.5) is 0 Å². The van der Waals surface area contributed by atoms with Crippen LogP contribution in [0.2, 0.25) is 15.1 Å².